The minimum atomic E-state index is -2.82. The Kier molecular flexibility index (Phi) is 2.93. The van der Waals surface area contributed by atoms with Crippen LogP contribution in [0.25, 0.3) is 0 Å². The van der Waals surface area contributed by atoms with E-state index >= 15 is 0 Å². The molecule has 1 aromatic rings. The lowest BCUT2D eigenvalue weighted by atomic mass is 10.1. The molecule has 72 valence electrons. The number of hydrogen-bond acceptors (Lipinski definition) is 2. The molecule has 0 amide bonds. The van der Waals surface area contributed by atoms with Crippen molar-refractivity contribution in [3.05, 3.63) is 29.6 Å². The van der Waals surface area contributed by atoms with Crippen molar-refractivity contribution in [1.82, 2.24) is 4.98 Å². The number of aromatic nitrogens is 1. The molecule has 0 bridgehead atoms. The van der Waals surface area contributed by atoms with Crippen LogP contribution in [0, 0.1) is 6.92 Å². The normalized spacial score (nSPS) is 11.7. The Balaban J connectivity index is 2.74. The van der Waals surface area contributed by atoms with E-state index in [1.165, 1.54) is 6.20 Å². The standard InChI is InChI=1S/C9H12F2N2/c1-7-2-8(5-13-4-7)3-9(10,11)6-12/h2,4-5H,3,6,12H2,1H3. The van der Waals surface area contributed by atoms with Gasteiger partial charge in [0, 0.05) is 18.8 Å². The lowest BCUT2D eigenvalue weighted by Crippen LogP contribution is -2.30. The van der Waals surface area contributed by atoms with Crippen molar-refractivity contribution in [3.63, 3.8) is 0 Å². The van der Waals surface area contributed by atoms with Crippen LogP contribution < -0.4 is 5.73 Å². The minimum absolute atomic E-state index is 0.335. The fraction of sp³-hybridized carbons (Fsp3) is 0.444. The monoisotopic (exact) mass is 186 g/mol. The second kappa shape index (κ2) is 3.79. The van der Waals surface area contributed by atoms with Gasteiger partial charge in [-0.15, -0.1) is 0 Å². The topological polar surface area (TPSA) is 38.9 Å². The molecule has 0 aliphatic rings. The van der Waals surface area contributed by atoms with E-state index in [-0.39, 0.29) is 6.42 Å². The summed E-state index contributed by atoms with van der Waals surface area (Å²) in [4.78, 5) is 3.83. The number of nitrogens with zero attached hydrogens (tertiary/aromatic N) is 1. The molecule has 0 saturated heterocycles. The highest BCUT2D eigenvalue weighted by atomic mass is 19.3. The van der Waals surface area contributed by atoms with Crippen LogP contribution >= 0.6 is 0 Å². The van der Waals surface area contributed by atoms with Crippen molar-refractivity contribution in [1.29, 1.82) is 0 Å². The van der Waals surface area contributed by atoms with Gasteiger partial charge in [-0.2, -0.15) is 0 Å². The number of hydrogen-bond donors (Lipinski definition) is 1. The summed E-state index contributed by atoms with van der Waals surface area (Å²) in [5.41, 5.74) is 6.33. The van der Waals surface area contributed by atoms with Gasteiger partial charge in [0.1, 0.15) is 0 Å². The number of nitrogens with two attached hydrogens (primary N) is 1. The van der Waals surface area contributed by atoms with Crippen LogP contribution in [0.2, 0.25) is 0 Å². The summed E-state index contributed by atoms with van der Waals surface area (Å²) in [6.45, 7) is 1.19. The van der Waals surface area contributed by atoms with Gasteiger partial charge in [-0.1, -0.05) is 6.07 Å². The Morgan fingerprint density at radius 3 is 2.69 bits per heavy atom. The molecule has 2 nitrogen and oxygen atoms in total. The summed E-state index contributed by atoms with van der Waals surface area (Å²) < 4.78 is 25.6. The molecule has 4 heteroatoms. The van der Waals surface area contributed by atoms with Crippen molar-refractivity contribution < 1.29 is 8.78 Å². The Bertz CT molecular complexity index is 287. The van der Waals surface area contributed by atoms with Crippen molar-refractivity contribution in [3.8, 4) is 0 Å². The van der Waals surface area contributed by atoms with E-state index in [2.05, 4.69) is 4.98 Å². The predicted octanol–water partition coefficient (Wildman–Crippen LogP) is 1.53. The quantitative estimate of drug-likeness (QED) is 0.777. The van der Waals surface area contributed by atoms with Crippen LogP contribution in [0.5, 0.6) is 0 Å². The van der Waals surface area contributed by atoms with Gasteiger partial charge in [0.2, 0.25) is 0 Å². The van der Waals surface area contributed by atoms with E-state index in [1.807, 2.05) is 6.92 Å². The molecule has 13 heavy (non-hydrogen) atoms. The van der Waals surface area contributed by atoms with Gasteiger partial charge in [-0.05, 0) is 18.1 Å². The fourth-order valence-corrected chi connectivity index (χ4v) is 1.09. The minimum Gasteiger partial charge on any atom is -0.325 e. The van der Waals surface area contributed by atoms with E-state index in [0.29, 0.717) is 5.56 Å². The van der Waals surface area contributed by atoms with E-state index in [1.54, 1.807) is 12.3 Å². The maximum absolute atomic E-state index is 12.8. The van der Waals surface area contributed by atoms with E-state index in [4.69, 9.17) is 5.73 Å². The third kappa shape index (κ3) is 3.06. The second-order valence-electron chi connectivity index (χ2n) is 3.11. The van der Waals surface area contributed by atoms with Crippen molar-refractivity contribution in [2.24, 2.45) is 5.73 Å². The summed E-state index contributed by atoms with van der Waals surface area (Å²) in [5, 5.41) is 0. The van der Waals surface area contributed by atoms with Gasteiger partial charge in [-0.3, -0.25) is 4.98 Å². The number of alkyl halides is 2. The summed E-state index contributed by atoms with van der Waals surface area (Å²) in [5.74, 6) is -2.82. The van der Waals surface area contributed by atoms with Gasteiger partial charge in [0.25, 0.3) is 5.92 Å². The molecule has 0 atom stereocenters. The predicted molar refractivity (Wildman–Crippen MR) is 46.7 cm³/mol. The second-order valence-corrected chi connectivity index (χ2v) is 3.11. The lowest BCUT2D eigenvalue weighted by Gasteiger charge is -2.13. The average molecular weight is 186 g/mol. The van der Waals surface area contributed by atoms with Gasteiger partial charge in [0.05, 0.1) is 6.54 Å². The maximum atomic E-state index is 12.8. The smallest absolute Gasteiger partial charge is 0.264 e. The van der Waals surface area contributed by atoms with Crippen LogP contribution in [0.15, 0.2) is 18.5 Å². The molecule has 0 aliphatic heterocycles. The molecule has 0 aromatic carbocycles. The van der Waals surface area contributed by atoms with Gasteiger partial charge in [-0.25, -0.2) is 8.78 Å². The fourth-order valence-electron chi connectivity index (χ4n) is 1.09. The first-order valence-electron chi connectivity index (χ1n) is 4.02. The van der Waals surface area contributed by atoms with E-state index < -0.39 is 12.5 Å². The van der Waals surface area contributed by atoms with Gasteiger partial charge < -0.3 is 5.73 Å². The van der Waals surface area contributed by atoms with Crippen LogP contribution in [-0.4, -0.2) is 17.5 Å². The highest BCUT2D eigenvalue weighted by Gasteiger charge is 2.26. The summed E-state index contributed by atoms with van der Waals surface area (Å²) >= 11 is 0. The molecule has 0 radical (unpaired) electrons. The Labute approximate surface area is 75.8 Å². The Morgan fingerprint density at radius 2 is 2.15 bits per heavy atom. The van der Waals surface area contributed by atoms with Crippen molar-refractivity contribution in [2.45, 2.75) is 19.3 Å². The largest absolute Gasteiger partial charge is 0.325 e. The van der Waals surface area contributed by atoms with E-state index in [9.17, 15) is 8.78 Å². The van der Waals surface area contributed by atoms with Crippen molar-refractivity contribution >= 4 is 0 Å². The van der Waals surface area contributed by atoms with Gasteiger partial charge >= 0.3 is 0 Å². The summed E-state index contributed by atoms with van der Waals surface area (Å²) in [6, 6.07) is 1.69. The zero-order chi connectivity index (χ0) is 9.90. The number of halogens is 2. The molecule has 0 fully saturated rings. The van der Waals surface area contributed by atoms with Crippen LogP contribution in [0.1, 0.15) is 11.1 Å². The van der Waals surface area contributed by atoms with E-state index in [0.717, 1.165) is 5.56 Å². The Hall–Kier alpha value is -1.03. The zero-order valence-electron chi connectivity index (χ0n) is 7.43. The summed E-state index contributed by atoms with van der Waals surface area (Å²) in [7, 11) is 0. The van der Waals surface area contributed by atoms with Gasteiger partial charge in [0.15, 0.2) is 0 Å². The first kappa shape index (κ1) is 10.1. The van der Waals surface area contributed by atoms with Crippen LogP contribution in [-0.2, 0) is 6.42 Å². The maximum Gasteiger partial charge on any atom is 0.264 e. The lowest BCUT2D eigenvalue weighted by molar-refractivity contribution is 0.0114. The molecule has 1 heterocycles. The average Bonchev–Trinajstić information content (AvgIpc) is 2.03. The highest BCUT2D eigenvalue weighted by molar-refractivity contribution is 5.17. The van der Waals surface area contributed by atoms with Crippen molar-refractivity contribution in [2.75, 3.05) is 6.54 Å². The number of pyridine rings is 1. The number of aryl methyl sites for hydroxylation is 1. The summed E-state index contributed by atoms with van der Waals surface area (Å²) in [6.07, 6.45) is 2.73. The molecule has 1 aromatic heterocycles. The molecular formula is C9H12F2N2. The molecule has 0 unspecified atom stereocenters. The molecule has 2 N–H and O–H groups in total. The first-order chi connectivity index (χ1) is 6.03. The van der Waals surface area contributed by atoms with Crippen LogP contribution in [0.4, 0.5) is 8.78 Å². The molecular weight excluding hydrogens is 174 g/mol. The third-order valence-electron chi connectivity index (χ3n) is 1.69. The number of rotatable bonds is 3. The molecule has 0 spiro atoms. The molecule has 0 aliphatic carbocycles. The molecule has 0 saturated carbocycles. The Morgan fingerprint density at radius 1 is 1.46 bits per heavy atom. The SMILES string of the molecule is Cc1cncc(CC(F)(F)CN)c1. The molecule has 1 rings (SSSR count). The highest BCUT2D eigenvalue weighted by Crippen LogP contribution is 2.18. The first-order valence-corrected chi connectivity index (χ1v) is 4.02. The zero-order valence-corrected chi connectivity index (χ0v) is 7.43. The van der Waals surface area contributed by atoms with Crippen LogP contribution in [0.3, 0.4) is 0 Å². The third-order valence-corrected chi connectivity index (χ3v) is 1.69.